The number of hydrogen-bond donors (Lipinski definition) is 4. The van der Waals surface area contributed by atoms with Gasteiger partial charge < -0.3 is 20.3 Å². The molecule has 0 saturated heterocycles. The molecule has 0 unspecified atom stereocenters. The van der Waals surface area contributed by atoms with Gasteiger partial charge in [-0.2, -0.15) is 10.2 Å². The summed E-state index contributed by atoms with van der Waals surface area (Å²) in [6.45, 7) is 10.9. The van der Waals surface area contributed by atoms with Gasteiger partial charge in [-0.25, -0.2) is 19.0 Å². The number of hydrogen-bond acceptors (Lipinski definition) is 10. The van der Waals surface area contributed by atoms with Crippen molar-refractivity contribution in [2.24, 2.45) is 0 Å². The second-order valence-corrected chi connectivity index (χ2v) is 16.4. The third-order valence-electron chi connectivity index (χ3n) is 10.0. The molecular weight excluding hydrogens is 803 g/mol. The molecule has 0 saturated carbocycles. The fourth-order valence-electron chi connectivity index (χ4n) is 6.40. The van der Waals surface area contributed by atoms with E-state index < -0.39 is 18.3 Å². The van der Waals surface area contributed by atoms with Crippen LogP contribution in [0.2, 0.25) is 5.15 Å². The number of aryl methyl sites for hydroxylation is 2. The van der Waals surface area contributed by atoms with Crippen LogP contribution in [-0.4, -0.2) is 68.1 Å². The standard InChI is InChI=1S/C24H23N3O2.C17H16ClN3O2.C7H9BO2/c1-16-4-6-17(7-5-16)21-14-20(26-23-12-13-25-27(21)23)15-22(28)18-8-10-19(11-9-18)24(2,3)29;1-17(2,23)12-5-3-11(4-6-12)14(22)9-13-10-15(18)21-16(20-13)7-8-19-21;1-6-2-4-7(5-3-6)8(9)10/h4-14,29H,15H2,1-3H3;3-8,10,23H,9H2,1-2H3;2-5,9-10H,1H3. The lowest BCUT2D eigenvalue weighted by molar-refractivity contribution is 0.0780. The Balaban J connectivity index is 0.000000173. The number of benzene rings is 4. The van der Waals surface area contributed by atoms with E-state index in [9.17, 15) is 19.8 Å². The first-order chi connectivity index (χ1) is 29.3. The molecule has 4 N–H and O–H groups in total. The number of carbonyl (C=O) groups is 2. The molecule has 0 fully saturated rings. The van der Waals surface area contributed by atoms with E-state index >= 15 is 0 Å². The van der Waals surface area contributed by atoms with E-state index in [1.54, 1.807) is 117 Å². The van der Waals surface area contributed by atoms with Gasteiger partial charge in [0.1, 0.15) is 5.15 Å². The Labute approximate surface area is 365 Å². The lowest BCUT2D eigenvalue weighted by atomic mass is 9.80. The molecule has 4 aromatic carbocycles. The molecule has 4 heterocycles. The molecular formula is C48H48BClN6O6. The molecule has 8 aromatic rings. The maximum atomic E-state index is 12.8. The van der Waals surface area contributed by atoms with Crippen LogP contribution in [0.15, 0.2) is 134 Å². The van der Waals surface area contributed by atoms with Crippen molar-refractivity contribution in [3.05, 3.63) is 184 Å². The van der Waals surface area contributed by atoms with Crippen molar-refractivity contribution in [3.63, 3.8) is 0 Å². The number of rotatable bonds is 10. The van der Waals surface area contributed by atoms with Crippen molar-refractivity contribution in [1.29, 1.82) is 0 Å². The molecule has 316 valence electrons. The fourth-order valence-corrected chi connectivity index (χ4v) is 6.66. The average Bonchev–Trinajstić information content (AvgIpc) is 3.92. The first-order valence-electron chi connectivity index (χ1n) is 19.9. The van der Waals surface area contributed by atoms with Gasteiger partial charge in [-0.15, -0.1) is 0 Å². The Kier molecular flexibility index (Phi) is 14.0. The van der Waals surface area contributed by atoms with Gasteiger partial charge in [0.05, 0.1) is 53.5 Å². The minimum absolute atomic E-state index is 0.0153. The molecule has 8 rings (SSSR count). The smallest absolute Gasteiger partial charge is 0.423 e. The van der Waals surface area contributed by atoms with Gasteiger partial charge in [-0.1, -0.05) is 120 Å². The molecule has 0 aliphatic heterocycles. The topological polar surface area (TPSA) is 175 Å². The monoisotopic (exact) mass is 850 g/mol. The van der Waals surface area contributed by atoms with Gasteiger partial charge in [0.2, 0.25) is 0 Å². The lowest BCUT2D eigenvalue weighted by Gasteiger charge is -2.17. The summed E-state index contributed by atoms with van der Waals surface area (Å²) in [6.07, 6.45) is 3.67. The minimum Gasteiger partial charge on any atom is -0.423 e. The van der Waals surface area contributed by atoms with E-state index in [0.29, 0.717) is 44.4 Å². The SMILES string of the molecule is CC(C)(O)c1ccc(C(=O)Cc2cc(Cl)n3nccc3n2)cc1.Cc1ccc(-c2cc(CC(=O)c3ccc(C(C)(C)O)cc3)nc3ccnn23)cc1.Cc1ccc(B(O)O)cc1. The van der Waals surface area contributed by atoms with Crippen molar-refractivity contribution in [3.8, 4) is 11.3 Å². The van der Waals surface area contributed by atoms with Crippen molar-refractivity contribution < 1.29 is 29.9 Å². The van der Waals surface area contributed by atoms with Crippen LogP contribution < -0.4 is 5.46 Å². The molecule has 12 nitrogen and oxygen atoms in total. The van der Waals surface area contributed by atoms with Crippen molar-refractivity contribution >= 4 is 47.0 Å². The van der Waals surface area contributed by atoms with Crippen LogP contribution in [-0.2, 0) is 24.0 Å². The van der Waals surface area contributed by atoms with Crippen LogP contribution in [0.25, 0.3) is 22.6 Å². The molecule has 0 amide bonds. The van der Waals surface area contributed by atoms with Crippen LogP contribution in [0.5, 0.6) is 0 Å². The molecule has 0 radical (unpaired) electrons. The first kappa shape index (κ1) is 45.2. The zero-order chi connectivity index (χ0) is 44.8. The Morgan fingerprint density at radius 3 is 1.47 bits per heavy atom. The van der Waals surface area contributed by atoms with E-state index in [4.69, 9.17) is 21.6 Å². The number of Topliss-reactive ketones (excluding diaryl/α,β-unsaturated/α-hetero) is 2. The predicted octanol–water partition coefficient (Wildman–Crippen LogP) is 7.07. The van der Waals surface area contributed by atoms with E-state index in [1.165, 1.54) is 10.1 Å². The lowest BCUT2D eigenvalue weighted by Crippen LogP contribution is -2.29. The molecule has 62 heavy (non-hydrogen) atoms. The zero-order valence-electron chi connectivity index (χ0n) is 35.4. The number of carbonyl (C=O) groups excluding carboxylic acids is 2. The second kappa shape index (κ2) is 19.1. The van der Waals surface area contributed by atoms with Crippen LogP contribution in [0, 0.1) is 13.8 Å². The summed E-state index contributed by atoms with van der Waals surface area (Å²) < 4.78 is 3.30. The van der Waals surface area contributed by atoms with Crippen LogP contribution in [0.1, 0.15) is 82.1 Å². The van der Waals surface area contributed by atoms with Gasteiger partial charge >= 0.3 is 7.12 Å². The summed E-state index contributed by atoms with van der Waals surface area (Å²) in [6, 6.07) is 36.5. The molecule has 4 aromatic heterocycles. The molecule has 0 atom stereocenters. The highest BCUT2D eigenvalue weighted by atomic mass is 35.5. The minimum atomic E-state index is -1.35. The normalized spacial score (nSPS) is 11.4. The summed E-state index contributed by atoms with van der Waals surface area (Å²) in [7, 11) is -1.35. The molecule has 0 spiro atoms. The predicted molar refractivity (Wildman–Crippen MR) is 242 cm³/mol. The summed E-state index contributed by atoms with van der Waals surface area (Å²) in [5.74, 6) is -0.0711. The average molecular weight is 851 g/mol. The van der Waals surface area contributed by atoms with Crippen molar-refractivity contribution in [2.75, 3.05) is 0 Å². The molecule has 0 bridgehead atoms. The Hall–Kier alpha value is -6.35. The third-order valence-corrected chi connectivity index (χ3v) is 10.3. The van der Waals surface area contributed by atoms with Crippen LogP contribution >= 0.6 is 11.6 Å². The second-order valence-electron chi connectivity index (χ2n) is 16.0. The number of nitrogens with zero attached hydrogens (tertiary/aromatic N) is 6. The van der Waals surface area contributed by atoms with Crippen molar-refractivity contribution in [2.45, 2.75) is 65.6 Å². The number of ketones is 2. The largest absolute Gasteiger partial charge is 0.488 e. The van der Waals surface area contributed by atoms with Gasteiger partial charge in [-0.05, 0) is 70.3 Å². The van der Waals surface area contributed by atoms with Gasteiger partial charge in [0.15, 0.2) is 22.9 Å². The molecule has 0 aliphatic carbocycles. The first-order valence-corrected chi connectivity index (χ1v) is 20.3. The number of halogens is 1. The highest BCUT2D eigenvalue weighted by Crippen LogP contribution is 2.24. The van der Waals surface area contributed by atoms with E-state index in [0.717, 1.165) is 27.9 Å². The van der Waals surface area contributed by atoms with Crippen molar-refractivity contribution in [1.82, 2.24) is 29.2 Å². The van der Waals surface area contributed by atoms with Crippen LogP contribution in [0.4, 0.5) is 0 Å². The fraction of sp³-hybridized carbons (Fsp3) is 0.208. The quantitative estimate of drug-likeness (QED) is 0.0633. The Morgan fingerprint density at radius 2 is 1.02 bits per heavy atom. The van der Waals surface area contributed by atoms with E-state index in [2.05, 4.69) is 32.3 Å². The van der Waals surface area contributed by atoms with E-state index in [-0.39, 0.29) is 24.4 Å². The molecule has 0 aliphatic rings. The van der Waals surface area contributed by atoms with E-state index in [1.807, 2.05) is 50.2 Å². The number of aromatic nitrogens is 6. The van der Waals surface area contributed by atoms with Gasteiger partial charge in [0, 0.05) is 28.8 Å². The third kappa shape index (κ3) is 11.5. The van der Waals surface area contributed by atoms with Gasteiger partial charge in [0.25, 0.3) is 0 Å². The summed E-state index contributed by atoms with van der Waals surface area (Å²) in [5.41, 5.74) is 8.22. The maximum absolute atomic E-state index is 12.8. The zero-order valence-corrected chi connectivity index (χ0v) is 36.1. The van der Waals surface area contributed by atoms with Gasteiger partial charge in [-0.3, -0.25) is 9.59 Å². The highest BCUT2D eigenvalue weighted by Gasteiger charge is 2.19. The number of aliphatic hydroxyl groups is 2. The van der Waals surface area contributed by atoms with Crippen LogP contribution in [0.3, 0.4) is 0 Å². The Bertz CT molecular complexity index is 2790. The molecule has 14 heteroatoms. The highest BCUT2D eigenvalue weighted by molar-refractivity contribution is 6.58. The number of fused-ring (bicyclic) bond motifs is 2. The summed E-state index contributed by atoms with van der Waals surface area (Å²) in [5, 5.41) is 46.2. The maximum Gasteiger partial charge on any atom is 0.488 e. The Morgan fingerprint density at radius 1 is 0.597 bits per heavy atom. The summed E-state index contributed by atoms with van der Waals surface area (Å²) >= 11 is 6.13. The summed E-state index contributed by atoms with van der Waals surface area (Å²) in [4.78, 5) is 34.2.